The van der Waals surface area contributed by atoms with Crippen LogP contribution in [-0.2, 0) is 14.3 Å². The lowest BCUT2D eigenvalue weighted by molar-refractivity contribution is -0.219. The Morgan fingerprint density at radius 1 is 1.03 bits per heavy atom. The minimum Gasteiger partial charge on any atom is -0.464 e. The quantitative estimate of drug-likeness (QED) is 0.347. The summed E-state index contributed by atoms with van der Waals surface area (Å²) in [4.78, 5) is 11.0. The maximum absolute atomic E-state index is 12.1. The van der Waals surface area contributed by atoms with E-state index in [1.54, 1.807) is 12.7 Å². The Kier molecular flexibility index (Phi) is 7.17. The van der Waals surface area contributed by atoms with E-state index in [1.807, 2.05) is 0 Å². The zero-order chi connectivity index (χ0) is 24.9. The van der Waals surface area contributed by atoms with Gasteiger partial charge in [0, 0.05) is 18.9 Å². The van der Waals surface area contributed by atoms with Gasteiger partial charge < -0.3 is 14.6 Å². The van der Waals surface area contributed by atoms with E-state index in [2.05, 4.69) is 59.8 Å². The van der Waals surface area contributed by atoms with E-state index in [1.165, 1.54) is 19.3 Å². The van der Waals surface area contributed by atoms with Crippen LogP contribution in [0, 0.1) is 46.3 Å². The predicted octanol–water partition coefficient (Wildman–Crippen LogP) is 6.33. The van der Waals surface area contributed by atoms with Gasteiger partial charge in [-0.15, -0.1) is 0 Å². The molecule has 0 aromatic carbocycles. The van der Waals surface area contributed by atoms with E-state index < -0.39 is 5.60 Å². The van der Waals surface area contributed by atoms with E-state index >= 15 is 0 Å². The molecule has 0 saturated heterocycles. The van der Waals surface area contributed by atoms with Crippen LogP contribution in [0.15, 0.2) is 23.8 Å². The van der Waals surface area contributed by atoms with Gasteiger partial charge in [-0.25, -0.2) is 0 Å². The van der Waals surface area contributed by atoms with Crippen molar-refractivity contribution in [2.45, 2.75) is 104 Å². The SMILES string of the molecule is CO[C@@H]1C=C2[C@H]3CC[C@H]([C@H](C)/C=C/[C@H](C)C(C)C)[C@@]3(C)CC[C@@H]2[C@@]2(C)CC[C@H](OC=O)C[C@]12O. The molecule has 0 radical (unpaired) electrons. The zero-order valence-corrected chi connectivity index (χ0v) is 22.5. The lowest BCUT2D eigenvalue weighted by Gasteiger charge is -2.62. The third-order valence-electron chi connectivity index (χ3n) is 11.2. The second-order valence-corrected chi connectivity index (χ2v) is 12.9. The predicted molar refractivity (Wildman–Crippen MR) is 136 cm³/mol. The van der Waals surface area contributed by atoms with Crippen molar-refractivity contribution in [1.82, 2.24) is 0 Å². The van der Waals surface area contributed by atoms with Crippen molar-refractivity contribution < 1.29 is 19.4 Å². The van der Waals surface area contributed by atoms with E-state index in [9.17, 15) is 9.90 Å². The Hall–Kier alpha value is -1.13. The number of rotatable bonds is 7. The molecular formula is C30H48O4. The van der Waals surface area contributed by atoms with E-state index in [0.717, 1.165) is 19.3 Å². The van der Waals surface area contributed by atoms with Crippen LogP contribution in [0.5, 0.6) is 0 Å². The van der Waals surface area contributed by atoms with Gasteiger partial charge in [0.1, 0.15) is 17.8 Å². The monoisotopic (exact) mass is 472 g/mol. The molecular weight excluding hydrogens is 424 g/mol. The van der Waals surface area contributed by atoms with Gasteiger partial charge in [-0.1, -0.05) is 65.3 Å². The molecule has 3 fully saturated rings. The first-order chi connectivity index (χ1) is 16.0. The molecule has 0 spiro atoms. The number of ether oxygens (including phenoxy) is 2. The van der Waals surface area contributed by atoms with Crippen LogP contribution in [0.4, 0.5) is 0 Å². The van der Waals surface area contributed by atoms with E-state index in [0.29, 0.717) is 53.8 Å². The number of methoxy groups -OCH3 is 1. The van der Waals surface area contributed by atoms with Gasteiger partial charge in [0.25, 0.3) is 6.47 Å². The summed E-state index contributed by atoms with van der Waals surface area (Å²) >= 11 is 0. The van der Waals surface area contributed by atoms with Crippen LogP contribution in [-0.4, -0.2) is 36.5 Å². The summed E-state index contributed by atoms with van der Waals surface area (Å²) in [6.45, 7) is 14.7. The number of fused-ring (bicyclic) bond motifs is 5. The van der Waals surface area contributed by atoms with Crippen LogP contribution in [0.1, 0.15) is 86.5 Å². The zero-order valence-electron chi connectivity index (χ0n) is 22.5. The van der Waals surface area contributed by atoms with Crippen LogP contribution in [0.3, 0.4) is 0 Å². The Morgan fingerprint density at radius 3 is 2.41 bits per heavy atom. The molecule has 0 aromatic heterocycles. The number of carbonyl (C=O) groups is 1. The summed E-state index contributed by atoms with van der Waals surface area (Å²) < 4.78 is 11.3. The molecule has 4 aliphatic carbocycles. The number of hydrogen-bond acceptors (Lipinski definition) is 4. The van der Waals surface area contributed by atoms with Gasteiger partial charge in [-0.05, 0) is 79.4 Å². The molecule has 0 aliphatic heterocycles. The highest BCUT2D eigenvalue weighted by atomic mass is 16.5. The third-order valence-corrected chi connectivity index (χ3v) is 11.2. The minimum atomic E-state index is -1.00. The van der Waals surface area contributed by atoms with Crippen LogP contribution in [0.25, 0.3) is 0 Å². The first-order valence-electron chi connectivity index (χ1n) is 13.8. The molecule has 3 saturated carbocycles. The Bertz CT molecular complexity index is 817. The fourth-order valence-electron chi connectivity index (χ4n) is 8.57. The highest BCUT2D eigenvalue weighted by molar-refractivity contribution is 5.38. The Morgan fingerprint density at radius 2 is 1.76 bits per heavy atom. The van der Waals surface area contributed by atoms with Gasteiger partial charge in [0.15, 0.2) is 0 Å². The molecule has 192 valence electrons. The normalized spacial score (nSPS) is 45.8. The molecule has 0 amide bonds. The Balaban J connectivity index is 1.63. The van der Waals surface area contributed by atoms with Crippen molar-refractivity contribution in [2.24, 2.45) is 46.3 Å². The van der Waals surface area contributed by atoms with Crippen molar-refractivity contribution in [3.8, 4) is 0 Å². The molecule has 34 heavy (non-hydrogen) atoms. The molecule has 0 aromatic rings. The summed E-state index contributed by atoms with van der Waals surface area (Å²) in [6, 6.07) is 0. The van der Waals surface area contributed by atoms with Crippen molar-refractivity contribution in [1.29, 1.82) is 0 Å². The second-order valence-electron chi connectivity index (χ2n) is 12.9. The van der Waals surface area contributed by atoms with Gasteiger partial charge in [0.05, 0.1) is 0 Å². The smallest absolute Gasteiger partial charge is 0.293 e. The first-order valence-corrected chi connectivity index (χ1v) is 13.8. The lowest BCUT2D eigenvalue weighted by atomic mass is 9.45. The highest BCUT2D eigenvalue weighted by Gasteiger charge is 2.65. The van der Waals surface area contributed by atoms with E-state index in [4.69, 9.17) is 9.47 Å². The second kappa shape index (κ2) is 9.39. The van der Waals surface area contributed by atoms with Crippen molar-refractivity contribution in [3.63, 3.8) is 0 Å². The summed E-state index contributed by atoms with van der Waals surface area (Å²) in [5.74, 6) is 3.51. The van der Waals surface area contributed by atoms with Crippen molar-refractivity contribution in [3.05, 3.63) is 23.8 Å². The minimum absolute atomic E-state index is 0.228. The van der Waals surface area contributed by atoms with Crippen molar-refractivity contribution in [2.75, 3.05) is 7.11 Å². The molecule has 1 N–H and O–H groups in total. The fourth-order valence-corrected chi connectivity index (χ4v) is 8.57. The first kappa shape index (κ1) is 25.9. The highest BCUT2D eigenvalue weighted by Crippen LogP contribution is 2.67. The van der Waals surface area contributed by atoms with E-state index in [-0.39, 0.29) is 17.6 Å². The number of carbonyl (C=O) groups excluding carboxylic acids is 1. The average molecular weight is 473 g/mol. The fraction of sp³-hybridized carbons (Fsp3) is 0.833. The summed E-state index contributed by atoms with van der Waals surface area (Å²) in [7, 11) is 1.72. The van der Waals surface area contributed by atoms with Gasteiger partial charge >= 0.3 is 0 Å². The lowest BCUT2D eigenvalue weighted by Crippen LogP contribution is -2.66. The van der Waals surface area contributed by atoms with Crippen LogP contribution in [0.2, 0.25) is 0 Å². The van der Waals surface area contributed by atoms with Gasteiger partial charge in [-0.3, -0.25) is 4.79 Å². The van der Waals surface area contributed by atoms with Gasteiger partial charge in [0.2, 0.25) is 0 Å². The molecule has 4 heteroatoms. The summed E-state index contributed by atoms with van der Waals surface area (Å²) in [6.07, 6.45) is 13.7. The maximum Gasteiger partial charge on any atom is 0.293 e. The molecule has 0 bridgehead atoms. The van der Waals surface area contributed by atoms with Crippen LogP contribution < -0.4 is 0 Å². The Labute approximate surface area is 207 Å². The topological polar surface area (TPSA) is 55.8 Å². The number of hydrogen-bond donors (Lipinski definition) is 1. The largest absolute Gasteiger partial charge is 0.464 e. The standard InChI is InChI=1S/C30H48O4/c1-19(2)20(3)8-9-21(4)24-10-11-25-23-16-27(33-7)30(32)17-22(34-18-31)12-15-29(30,6)26(23)13-14-28(24,25)5/h8-9,16,18-22,24-27,32H,10-15,17H2,1-7H3/b9-8+/t20-,21+,22-,24+,25+,26-,27+,28+,29+,30-/m0/s1. The average Bonchev–Trinajstić information content (AvgIpc) is 3.15. The summed E-state index contributed by atoms with van der Waals surface area (Å²) in [5.41, 5.74) is 0.598. The maximum atomic E-state index is 12.1. The van der Waals surface area contributed by atoms with Gasteiger partial charge in [-0.2, -0.15) is 0 Å². The molecule has 4 aliphatic rings. The molecule has 10 atom stereocenters. The van der Waals surface area contributed by atoms with Crippen LogP contribution >= 0.6 is 0 Å². The molecule has 0 heterocycles. The summed E-state index contributed by atoms with van der Waals surface area (Å²) in [5, 5.41) is 12.1. The third kappa shape index (κ3) is 3.92. The number of allylic oxidation sites excluding steroid dienone is 3. The molecule has 4 nitrogen and oxygen atoms in total. The number of aliphatic hydroxyl groups is 1. The molecule has 4 rings (SSSR count). The van der Waals surface area contributed by atoms with Crippen molar-refractivity contribution >= 4 is 6.47 Å². The molecule has 0 unspecified atom stereocenters.